The molecule has 2 aromatic rings. The fourth-order valence-electron chi connectivity index (χ4n) is 4.42. The first-order chi connectivity index (χ1) is 13.9. The normalized spacial score (nSPS) is 27.1. The fourth-order valence-corrected chi connectivity index (χ4v) is 6.90. The van der Waals surface area contributed by atoms with Gasteiger partial charge in [-0.15, -0.1) is 0 Å². The largest absolute Gasteiger partial charge is 0.497 e. The molecule has 4 rings (SSSR count). The molecule has 3 unspecified atom stereocenters. The van der Waals surface area contributed by atoms with Crippen molar-refractivity contribution in [2.75, 3.05) is 38.2 Å². The highest BCUT2D eigenvalue weighted by Crippen LogP contribution is 2.39. The number of sulfonamides is 1. The van der Waals surface area contributed by atoms with E-state index in [0.717, 1.165) is 47.7 Å². The zero-order valence-electron chi connectivity index (χ0n) is 16.6. The van der Waals surface area contributed by atoms with E-state index in [1.807, 2.05) is 43.3 Å². The monoisotopic (exact) mass is 479 g/mol. The number of nitrogens with one attached hydrogen (secondary N) is 1. The molecule has 0 aromatic heterocycles. The molecular formula is C21H26BrN3O3S. The Hall–Kier alpha value is -1.61. The lowest BCUT2D eigenvalue weighted by Crippen LogP contribution is -2.55. The van der Waals surface area contributed by atoms with Crippen LogP contribution in [-0.2, 0) is 10.0 Å². The highest BCUT2D eigenvalue weighted by atomic mass is 79.9. The van der Waals surface area contributed by atoms with Gasteiger partial charge in [-0.3, -0.25) is 4.90 Å². The summed E-state index contributed by atoms with van der Waals surface area (Å²) in [6, 6.07) is 15.7. The smallest absolute Gasteiger partial charge is 0.220 e. The summed E-state index contributed by atoms with van der Waals surface area (Å²) in [6.07, 6.45) is -0.179. The summed E-state index contributed by atoms with van der Waals surface area (Å²) in [7, 11) is -1.75. The Bertz CT molecular complexity index is 959. The van der Waals surface area contributed by atoms with Gasteiger partial charge in [-0.05, 0) is 42.0 Å². The lowest BCUT2D eigenvalue weighted by Gasteiger charge is -2.40. The van der Waals surface area contributed by atoms with Gasteiger partial charge in [0.1, 0.15) is 11.0 Å². The molecule has 8 heteroatoms. The molecule has 0 radical (unpaired) electrons. The molecule has 2 aromatic carbocycles. The van der Waals surface area contributed by atoms with Crippen molar-refractivity contribution < 1.29 is 13.2 Å². The zero-order chi connectivity index (χ0) is 20.6. The molecule has 0 amide bonds. The van der Waals surface area contributed by atoms with E-state index in [2.05, 4.69) is 42.6 Å². The number of hydrogen-bond acceptors (Lipinski definition) is 5. The van der Waals surface area contributed by atoms with Crippen LogP contribution in [0.2, 0.25) is 0 Å². The van der Waals surface area contributed by atoms with Crippen molar-refractivity contribution in [2.24, 2.45) is 5.92 Å². The van der Waals surface area contributed by atoms with Crippen molar-refractivity contribution >= 4 is 31.6 Å². The number of benzene rings is 2. The van der Waals surface area contributed by atoms with Gasteiger partial charge in [-0.2, -0.15) is 4.72 Å². The molecule has 2 fully saturated rings. The summed E-state index contributed by atoms with van der Waals surface area (Å²) >= 11 is 3.46. The van der Waals surface area contributed by atoms with Gasteiger partial charge in [-0.25, -0.2) is 8.42 Å². The number of nitrogens with zero attached hydrogens (tertiary/aromatic N) is 2. The second kappa shape index (κ2) is 8.26. The molecule has 2 aliphatic heterocycles. The van der Waals surface area contributed by atoms with E-state index in [1.54, 1.807) is 7.11 Å². The first kappa shape index (κ1) is 20.7. The summed E-state index contributed by atoms with van der Waals surface area (Å²) < 4.78 is 34.9. The minimum atomic E-state index is -3.42. The van der Waals surface area contributed by atoms with Crippen molar-refractivity contribution in [3.63, 3.8) is 0 Å². The third-order valence-corrected chi connectivity index (χ3v) is 8.35. The minimum Gasteiger partial charge on any atom is -0.497 e. The van der Waals surface area contributed by atoms with Gasteiger partial charge in [0.05, 0.1) is 13.3 Å². The summed E-state index contributed by atoms with van der Waals surface area (Å²) in [5, 5.41) is -0.537. The van der Waals surface area contributed by atoms with E-state index < -0.39 is 15.3 Å². The number of hydrogen-bond donors (Lipinski definition) is 1. The number of anilines is 1. The maximum Gasteiger partial charge on any atom is 0.220 e. The number of piperazine rings is 1. The topological polar surface area (TPSA) is 61.9 Å². The predicted molar refractivity (Wildman–Crippen MR) is 119 cm³/mol. The second-order valence-electron chi connectivity index (χ2n) is 7.66. The Morgan fingerprint density at radius 3 is 2.38 bits per heavy atom. The molecule has 156 valence electrons. The van der Waals surface area contributed by atoms with Gasteiger partial charge < -0.3 is 9.64 Å². The van der Waals surface area contributed by atoms with E-state index in [4.69, 9.17) is 4.74 Å². The van der Waals surface area contributed by atoms with Crippen LogP contribution in [0.5, 0.6) is 5.75 Å². The van der Waals surface area contributed by atoms with Crippen LogP contribution in [0.15, 0.2) is 53.0 Å². The standard InChI is InChI=1S/C21H26BrN3O3S/c1-15-20(16-4-3-5-17(22)14-16)29(26,27)23-21(15)25-12-10-24(11-13-25)18-6-8-19(28-2)9-7-18/h3-9,14-15,20-21,23H,10-13H2,1-2H3. The van der Waals surface area contributed by atoms with Crippen LogP contribution in [-0.4, -0.2) is 52.8 Å². The highest BCUT2D eigenvalue weighted by molar-refractivity contribution is 9.10. The molecular weight excluding hydrogens is 454 g/mol. The van der Waals surface area contributed by atoms with Crippen LogP contribution >= 0.6 is 15.9 Å². The summed E-state index contributed by atoms with van der Waals surface area (Å²) in [5.74, 6) is 0.807. The maximum absolute atomic E-state index is 12.9. The molecule has 1 N–H and O–H groups in total. The average molecular weight is 480 g/mol. The Kier molecular flexibility index (Phi) is 5.88. The van der Waals surface area contributed by atoms with Gasteiger partial charge in [0.2, 0.25) is 10.0 Å². The van der Waals surface area contributed by atoms with Gasteiger partial charge in [0.25, 0.3) is 0 Å². The van der Waals surface area contributed by atoms with Crippen LogP contribution in [0.1, 0.15) is 17.7 Å². The zero-order valence-corrected chi connectivity index (χ0v) is 19.0. The van der Waals surface area contributed by atoms with Crippen LogP contribution in [0.25, 0.3) is 0 Å². The molecule has 0 spiro atoms. The first-order valence-electron chi connectivity index (χ1n) is 9.79. The van der Waals surface area contributed by atoms with Crippen molar-refractivity contribution in [3.05, 3.63) is 58.6 Å². The molecule has 0 saturated carbocycles. The number of methoxy groups -OCH3 is 1. The quantitative estimate of drug-likeness (QED) is 0.729. The molecule has 2 saturated heterocycles. The molecule has 0 bridgehead atoms. The summed E-state index contributed by atoms with van der Waals surface area (Å²) in [5.41, 5.74) is 2.00. The molecule has 2 aliphatic rings. The highest BCUT2D eigenvalue weighted by Gasteiger charge is 2.47. The molecule has 6 nitrogen and oxygen atoms in total. The second-order valence-corrected chi connectivity index (χ2v) is 10.4. The van der Waals surface area contributed by atoms with Crippen molar-refractivity contribution in [3.8, 4) is 5.75 Å². The van der Waals surface area contributed by atoms with Crippen molar-refractivity contribution in [1.82, 2.24) is 9.62 Å². The van der Waals surface area contributed by atoms with Crippen molar-refractivity contribution in [1.29, 1.82) is 0 Å². The van der Waals surface area contributed by atoms with E-state index in [0.29, 0.717) is 0 Å². The van der Waals surface area contributed by atoms with E-state index in [9.17, 15) is 8.42 Å². The van der Waals surface area contributed by atoms with Crippen molar-refractivity contribution in [2.45, 2.75) is 18.3 Å². The first-order valence-corrected chi connectivity index (χ1v) is 12.1. The summed E-state index contributed by atoms with van der Waals surface area (Å²) in [4.78, 5) is 4.59. The SMILES string of the molecule is COc1ccc(N2CCN(C3NS(=O)(=O)C(c4cccc(Br)c4)C3C)CC2)cc1. The fraction of sp³-hybridized carbons (Fsp3) is 0.429. The molecule has 2 heterocycles. The predicted octanol–water partition coefficient (Wildman–Crippen LogP) is 3.22. The molecule has 0 aliphatic carbocycles. The van der Waals surface area contributed by atoms with Crippen LogP contribution in [0.4, 0.5) is 5.69 Å². The summed E-state index contributed by atoms with van der Waals surface area (Å²) in [6.45, 7) is 5.38. The van der Waals surface area contributed by atoms with E-state index in [-0.39, 0.29) is 12.1 Å². The Balaban J connectivity index is 1.46. The Morgan fingerprint density at radius 2 is 1.76 bits per heavy atom. The van der Waals surface area contributed by atoms with Crippen LogP contribution in [0.3, 0.4) is 0 Å². The van der Waals surface area contributed by atoms with Gasteiger partial charge >= 0.3 is 0 Å². The number of halogens is 1. The number of rotatable bonds is 4. The lowest BCUT2D eigenvalue weighted by molar-refractivity contribution is 0.140. The van der Waals surface area contributed by atoms with E-state index in [1.165, 1.54) is 0 Å². The Labute approximate surface area is 181 Å². The Morgan fingerprint density at radius 1 is 1.07 bits per heavy atom. The maximum atomic E-state index is 12.9. The van der Waals surface area contributed by atoms with E-state index >= 15 is 0 Å². The molecule has 3 atom stereocenters. The third-order valence-electron chi connectivity index (χ3n) is 5.92. The van der Waals surface area contributed by atoms with Crippen LogP contribution in [0, 0.1) is 5.92 Å². The number of ether oxygens (including phenoxy) is 1. The lowest BCUT2D eigenvalue weighted by atomic mass is 9.97. The third kappa shape index (κ3) is 4.17. The van der Waals surface area contributed by atoms with Gasteiger partial charge in [-0.1, -0.05) is 35.0 Å². The van der Waals surface area contributed by atoms with Gasteiger partial charge in [0.15, 0.2) is 0 Å². The molecule has 29 heavy (non-hydrogen) atoms. The van der Waals surface area contributed by atoms with Crippen LogP contribution < -0.4 is 14.4 Å². The van der Waals surface area contributed by atoms with Gasteiger partial charge in [0, 0.05) is 42.3 Å². The average Bonchev–Trinajstić information content (AvgIpc) is 2.97. The minimum absolute atomic E-state index is 0.0400.